The van der Waals surface area contributed by atoms with E-state index in [1.54, 1.807) is 0 Å². The molecular weight excluding hydrogens is 351 g/mol. The maximum atomic E-state index is 4.21. The van der Waals surface area contributed by atoms with Crippen LogP contribution in [0, 0.1) is 0 Å². The smallest absolute Gasteiger partial charge is 0.0161 e. The zero-order valence-electron chi connectivity index (χ0n) is 12.3. The molecule has 0 atom stereocenters. The second kappa shape index (κ2) is 7.54. The molecule has 0 N–H and O–H groups in total. The van der Waals surface area contributed by atoms with Crippen molar-refractivity contribution in [3.63, 3.8) is 0 Å². The lowest BCUT2D eigenvalue weighted by Crippen LogP contribution is -2.29. The fourth-order valence-corrected chi connectivity index (χ4v) is 6.21. The molecule has 3 aromatic rings. The molecule has 2 heteroatoms. The van der Waals surface area contributed by atoms with Crippen molar-refractivity contribution in [3.05, 3.63) is 103 Å². The monoisotopic (exact) mass is 369 g/mol. The van der Waals surface area contributed by atoms with Crippen molar-refractivity contribution in [3.8, 4) is 0 Å². The van der Waals surface area contributed by atoms with E-state index in [1.165, 1.54) is 15.9 Å². The van der Waals surface area contributed by atoms with Gasteiger partial charge in [-0.2, -0.15) is 0 Å². The molecule has 0 nitrogen and oxygen atoms in total. The Hall–Kier alpha value is -1.69. The maximum Gasteiger partial charge on any atom is -0.0161 e. The normalized spacial score (nSPS) is 10.5. The lowest BCUT2D eigenvalue weighted by atomic mass is 10.4. The summed E-state index contributed by atoms with van der Waals surface area (Å²) in [6.07, 6.45) is 0. The van der Waals surface area contributed by atoms with Gasteiger partial charge in [-0.25, -0.2) is 0 Å². The molecule has 111 valence electrons. The standard InChI is InChI=1S/C20H18P.BrH/c1-2-21(18-12-6-3-7-13-18,19-14-8-4-9-15-19)20-16-10-5-11-17-20;/h2-17H,1H2;1H. The quantitative estimate of drug-likeness (QED) is 0.584. The molecule has 0 saturated heterocycles. The molecule has 0 spiro atoms. The molecule has 0 aromatic heterocycles. The summed E-state index contributed by atoms with van der Waals surface area (Å²) >= 11 is 0. The third kappa shape index (κ3) is 2.92. The first-order valence-electron chi connectivity index (χ1n) is 7.07. The Morgan fingerprint density at radius 1 is 0.545 bits per heavy atom. The highest BCUT2D eigenvalue weighted by Gasteiger charge is 2.30. The van der Waals surface area contributed by atoms with Gasteiger partial charge in [-0.1, -0.05) is 103 Å². The first-order valence-corrected chi connectivity index (χ1v) is 8.93. The number of hydrogen-bond donors (Lipinski definition) is 0. The fourth-order valence-electron chi connectivity index (χ4n) is 2.75. The van der Waals surface area contributed by atoms with E-state index >= 15 is 0 Å². The van der Waals surface area contributed by atoms with Crippen molar-refractivity contribution in [2.45, 2.75) is 0 Å². The van der Waals surface area contributed by atoms with Gasteiger partial charge >= 0.3 is 0 Å². The summed E-state index contributed by atoms with van der Waals surface area (Å²) in [6, 6.07) is 32.2. The average Bonchev–Trinajstić information content (AvgIpc) is 2.59. The summed E-state index contributed by atoms with van der Waals surface area (Å²) in [4.78, 5) is 0. The van der Waals surface area contributed by atoms with E-state index in [2.05, 4.69) is 103 Å². The summed E-state index contributed by atoms with van der Waals surface area (Å²) in [6.45, 7) is 4.21. The Labute approximate surface area is 143 Å². The van der Waals surface area contributed by atoms with Crippen LogP contribution in [0.3, 0.4) is 0 Å². The predicted molar refractivity (Wildman–Crippen MR) is 106 cm³/mol. The van der Waals surface area contributed by atoms with Crippen LogP contribution in [0.5, 0.6) is 0 Å². The van der Waals surface area contributed by atoms with Crippen LogP contribution < -0.4 is 15.9 Å². The van der Waals surface area contributed by atoms with Crippen molar-refractivity contribution >= 4 is 40.2 Å². The highest BCUT2D eigenvalue weighted by Crippen LogP contribution is 2.56. The van der Waals surface area contributed by atoms with Gasteiger partial charge in [0.25, 0.3) is 0 Å². The summed E-state index contributed by atoms with van der Waals surface area (Å²) in [5, 5.41) is 4.03. The van der Waals surface area contributed by atoms with Crippen LogP contribution in [-0.2, 0) is 0 Å². The van der Waals surface area contributed by atoms with Crippen molar-refractivity contribution in [1.82, 2.24) is 0 Å². The number of rotatable bonds is 4. The Morgan fingerprint density at radius 2 is 0.818 bits per heavy atom. The molecule has 1 radical (unpaired) electrons. The minimum absolute atomic E-state index is 0. The molecule has 0 aliphatic carbocycles. The Kier molecular flexibility index (Phi) is 5.71. The predicted octanol–water partition coefficient (Wildman–Crippen LogP) is 4.70. The first kappa shape index (κ1) is 16.7. The van der Waals surface area contributed by atoms with Crippen molar-refractivity contribution < 1.29 is 0 Å². The molecule has 0 unspecified atom stereocenters. The highest BCUT2D eigenvalue weighted by molar-refractivity contribution is 8.93. The Bertz CT molecular complexity index is 612. The van der Waals surface area contributed by atoms with Gasteiger partial charge in [0.2, 0.25) is 0 Å². The molecule has 0 saturated carbocycles. The van der Waals surface area contributed by atoms with E-state index in [9.17, 15) is 0 Å². The van der Waals surface area contributed by atoms with Gasteiger partial charge in [-0.05, 0) is 23.2 Å². The third-order valence-electron chi connectivity index (χ3n) is 3.76. The molecule has 0 aliphatic heterocycles. The minimum atomic E-state index is -1.77. The van der Waals surface area contributed by atoms with Crippen molar-refractivity contribution in [1.29, 1.82) is 0 Å². The third-order valence-corrected chi connectivity index (χ3v) is 7.65. The van der Waals surface area contributed by atoms with Crippen LogP contribution >= 0.6 is 24.2 Å². The molecule has 3 rings (SSSR count). The summed E-state index contributed by atoms with van der Waals surface area (Å²) in [5.74, 6) is 2.16. The Morgan fingerprint density at radius 3 is 1.05 bits per heavy atom. The van der Waals surface area contributed by atoms with Crippen molar-refractivity contribution in [2.75, 3.05) is 0 Å². The average molecular weight is 370 g/mol. The SMILES string of the molecule is Br.C=C[P](c1ccccc1)(c1ccccc1)c1ccccc1. The summed E-state index contributed by atoms with van der Waals surface area (Å²) in [7, 11) is -1.77. The van der Waals surface area contributed by atoms with E-state index in [4.69, 9.17) is 0 Å². The van der Waals surface area contributed by atoms with Gasteiger partial charge in [0.05, 0.1) is 0 Å². The molecule has 0 fully saturated rings. The van der Waals surface area contributed by atoms with E-state index in [1.807, 2.05) is 0 Å². The zero-order chi connectivity index (χ0) is 14.5. The van der Waals surface area contributed by atoms with Crippen molar-refractivity contribution in [2.24, 2.45) is 0 Å². The van der Waals surface area contributed by atoms with Crippen LogP contribution in [0.25, 0.3) is 0 Å². The van der Waals surface area contributed by atoms with Gasteiger partial charge in [0.1, 0.15) is 0 Å². The van der Waals surface area contributed by atoms with E-state index in [0.29, 0.717) is 0 Å². The lowest BCUT2D eigenvalue weighted by molar-refractivity contribution is 1.72. The van der Waals surface area contributed by atoms with Gasteiger partial charge in [0.15, 0.2) is 0 Å². The molecule has 0 amide bonds. The van der Waals surface area contributed by atoms with Crippen LogP contribution in [0.2, 0.25) is 0 Å². The fraction of sp³-hybridized carbons (Fsp3) is 0. The van der Waals surface area contributed by atoms with E-state index < -0.39 is 7.26 Å². The number of benzene rings is 3. The first-order chi connectivity index (χ1) is 10.4. The topological polar surface area (TPSA) is 0 Å². The second-order valence-corrected chi connectivity index (χ2v) is 8.27. The van der Waals surface area contributed by atoms with Crippen LogP contribution in [0.1, 0.15) is 0 Å². The Balaban J connectivity index is 0.00000176. The largest absolute Gasteiger partial charge is 0.114 e. The number of halogens is 1. The molecule has 3 aromatic carbocycles. The molecule has 0 bridgehead atoms. The molecular formula is C20H19BrP. The highest BCUT2D eigenvalue weighted by atomic mass is 79.9. The molecule has 0 heterocycles. The molecule has 0 aliphatic rings. The van der Waals surface area contributed by atoms with Gasteiger partial charge < -0.3 is 0 Å². The van der Waals surface area contributed by atoms with Gasteiger partial charge in [0, 0.05) is 0 Å². The minimum Gasteiger partial charge on any atom is -0.114 e. The summed E-state index contributed by atoms with van der Waals surface area (Å²) in [5.41, 5.74) is 0. The van der Waals surface area contributed by atoms with E-state index in [-0.39, 0.29) is 17.0 Å². The lowest BCUT2D eigenvalue weighted by Gasteiger charge is -2.35. The molecule has 22 heavy (non-hydrogen) atoms. The second-order valence-electron chi connectivity index (χ2n) is 4.91. The van der Waals surface area contributed by atoms with Crippen LogP contribution in [0.15, 0.2) is 103 Å². The van der Waals surface area contributed by atoms with Crippen LogP contribution in [-0.4, -0.2) is 0 Å². The summed E-state index contributed by atoms with van der Waals surface area (Å²) < 4.78 is 0. The van der Waals surface area contributed by atoms with Gasteiger partial charge in [-0.15, -0.1) is 17.0 Å². The zero-order valence-corrected chi connectivity index (χ0v) is 14.9. The van der Waals surface area contributed by atoms with Crippen LogP contribution in [0.4, 0.5) is 0 Å². The van der Waals surface area contributed by atoms with Gasteiger partial charge in [-0.3, -0.25) is 0 Å². The number of hydrogen-bond acceptors (Lipinski definition) is 0. The maximum absolute atomic E-state index is 4.21. The van der Waals surface area contributed by atoms with E-state index in [0.717, 1.165) is 0 Å².